The zero-order valence-corrected chi connectivity index (χ0v) is 10.3. The maximum atomic E-state index is 13.7. The fourth-order valence-corrected chi connectivity index (χ4v) is 1.93. The Bertz CT molecular complexity index is 536. The molecule has 0 fully saturated rings. The molecule has 1 aromatic heterocycles. The van der Waals surface area contributed by atoms with Crippen LogP contribution in [0.15, 0.2) is 34.7 Å². The summed E-state index contributed by atoms with van der Waals surface area (Å²) in [4.78, 5) is 0. The second-order valence-electron chi connectivity index (χ2n) is 4.05. The Labute approximate surface area is 105 Å². The molecule has 4 heteroatoms. The summed E-state index contributed by atoms with van der Waals surface area (Å²) in [5, 5.41) is 2.98. The van der Waals surface area contributed by atoms with Crippen molar-refractivity contribution in [2.45, 2.75) is 19.4 Å². The maximum absolute atomic E-state index is 13.7. The van der Waals surface area contributed by atoms with Gasteiger partial charge in [-0.3, -0.25) is 0 Å². The Morgan fingerprint density at radius 2 is 2.00 bits per heavy atom. The molecule has 0 radical (unpaired) electrons. The van der Waals surface area contributed by atoms with Gasteiger partial charge < -0.3 is 9.73 Å². The third-order valence-electron chi connectivity index (χ3n) is 2.88. The smallest absolute Gasteiger partial charge is 0.131 e. The lowest BCUT2D eigenvalue weighted by atomic mass is 10.0. The van der Waals surface area contributed by atoms with E-state index in [9.17, 15) is 8.78 Å². The zero-order valence-electron chi connectivity index (χ0n) is 10.3. The first-order valence-electron chi connectivity index (χ1n) is 5.86. The molecule has 0 aliphatic rings. The maximum Gasteiger partial charge on any atom is 0.131 e. The first-order chi connectivity index (χ1) is 8.65. The number of benzene rings is 1. The van der Waals surface area contributed by atoms with Crippen molar-refractivity contribution in [2.75, 3.05) is 7.05 Å². The topological polar surface area (TPSA) is 25.2 Å². The minimum atomic E-state index is -0.584. The van der Waals surface area contributed by atoms with Gasteiger partial charge in [0.25, 0.3) is 0 Å². The first-order valence-corrected chi connectivity index (χ1v) is 5.86. The van der Waals surface area contributed by atoms with Crippen molar-refractivity contribution >= 4 is 0 Å². The van der Waals surface area contributed by atoms with Crippen molar-refractivity contribution in [2.24, 2.45) is 0 Å². The van der Waals surface area contributed by atoms with Crippen LogP contribution >= 0.6 is 0 Å². The summed E-state index contributed by atoms with van der Waals surface area (Å²) >= 11 is 0. The fraction of sp³-hybridized carbons (Fsp3) is 0.286. The number of hydrogen-bond acceptors (Lipinski definition) is 2. The highest BCUT2D eigenvalue weighted by Gasteiger charge is 2.19. The predicted octanol–water partition coefficient (Wildman–Crippen LogP) is 3.43. The van der Waals surface area contributed by atoms with Crippen molar-refractivity contribution in [3.63, 3.8) is 0 Å². The van der Waals surface area contributed by atoms with E-state index in [2.05, 4.69) is 5.32 Å². The van der Waals surface area contributed by atoms with E-state index in [1.54, 1.807) is 7.05 Å². The number of hydrogen-bond donors (Lipinski definition) is 1. The lowest BCUT2D eigenvalue weighted by Crippen LogP contribution is -2.18. The summed E-state index contributed by atoms with van der Waals surface area (Å²) in [6.07, 6.45) is 0.780. The summed E-state index contributed by atoms with van der Waals surface area (Å²) in [5.74, 6) is 0.302. The van der Waals surface area contributed by atoms with Gasteiger partial charge in [-0.05, 0) is 25.2 Å². The summed E-state index contributed by atoms with van der Waals surface area (Å²) in [6, 6.07) is 6.81. The van der Waals surface area contributed by atoms with Gasteiger partial charge in [0.05, 0.1) is 6.04 Å². The summed E-state index contributed by atoms with van der Waals surface area (Å²) < 4.78 is 32.2. The van der Waals surface area contributed by atoms with Gasteiger partial charge in [0, 0.05) is 18.1 Å². The van der Waals surface area contributed by atoms with Crippen molar-refractivity contribution in [1.82, 2.24) is 5.32 Å². The number of nitrogens with one attached hydrogen (secondary N) is 1. The predicted molar refractivity (Wildman–Crippen MR) is 65.3 cm³/mol. The van der Waals surface area contributed by atoms with Gasteiger partial charge in [-0.1, -0.05) is 13.0 Å². The van der Waals surface area contributed by atoms with Crippen LogP contribution in [-0.2, 0) is 6.42 Å². The molecule has 0 aliphatic heterocycles. The summed E-state index contributed by atoms with van der Waals surface area (Å²) in [7, 11) is 1.71. The van der Waals surface area contributed by atoms with E-state index >= 15 is 0 Å². The van der Waals surface area contributed by atoms with Crippen LogP contribution in [0.1, 0.15) is 30.0 Å². The normalized spacial score (nSPS) is 12.7. The van der Waals surface area contributed by atoms with E-state index in [1.807, 2.05) is 19.1 Å². The lowest BCUT2D eigenvalue weighted by molar-refractivity contribution is 0.426. The molecule has 0 bridgehead atoms. The monoisotopic (exact) mass is 251 g/mol. The van der Waals surface area contributed by atoms with E-state index in [0.29, 0.717) is 11.3 Å². The van der Waals surface area contributed by atoms with Gasteiger partial charge in [0.15, 0.2) is 0 Å². The Hall–Kier alpha value is -1.68. The van der Waals surface area contributed by atoms with Gasteiger partial charge >= 0.3 is 0 Å². The van der Waals surface area contributed by atoms with E-state index in [4.69, 9.17) is 4.42 Å². The summed E-state index contributed by atoms with van der Waals surface area (Å²) in [5.41, 5.74) is 0.371. The lowest BCUT2D eigenvalue weighted by Gasteiger charge is -2.15. The molecule has 2 aromatic rings. The minimum absolute atomic E-state index is 0.371. The Balaban J connectivity index is 2.38. The number of halogens is 2. The largest absolute Gasteiger partial charge is 0.464 e. The summed E-state index contributed by atoms with van der Waals surface area (Å²) in [6.45, 7) is 1.98. The molecule has 0 amide bonds. The van der Waals surface area contributed by atoms with Crippen LogP contribution in [0.4, 0.5) is 8.78 Å². The van der Waals surface area contributed by atoms with Crippen LogP contribution in [0, 0.1) is 11.6 Å². The van der Waals surface area contributed by atoms with Crippen molar-refractivity contribution in [1.29, 1.82) is 0 Å². The van der Waals surface area contributed by atoms with Crippen molar-refractivity contribution < 1.29 is 13.2 Å². The molecule has 1 heterocycles. The quantitative estimate of drug-likeness (QED) is 0.900. The number of aryl methyl sites for hydroxylation is 1. The van der Waals surface area contributed by atoms with Gasteiger partial charge in [0.2, 0.25) is 0 Å². The Morgan fingerprint density at radius 1 is 1.22 bits per heavy atom. The molecule has 1 N–H and O–H groups in total. The highest BCUT2D eigenvalue weighted by Crippen LogP contribution is 2.26. The van der Waals surface area contributed by atoms with Crippen LogP contribution in [-0.4, -0.2) is 7.05 Å². The zero-order chi connectivity index (χ0) is 13.1. The molecule has 0 spiro atoms. The number of furan rings is 1. The SMILES string of the molecule is CCc1ccc(C(NC)c2ccc(F)cc2F)o1. The minimum Gasteiger partial charge on any atom is -0.464 e. The highest BCUT2D eigenvalue weighted by molar-refractivity contribution is 5.29. The molecule has 1 unspecified atom stereocenters. The van der Waals surface area contributed by atoms with E-state index in [0.717, 1.165) is 18.2 Å². The second-order valence-corrected chi connectivity index (χ2v) is 4.05. The van der Waals surface area contributed by atoms with Crippen LogP contribution in [0.2, 0.25) is 0 Å². The molecule has 1 aromatic carbocycles. The second kappa shape index (κ2) is 5.31. The molecular formula is C14H15F2NO. The van der Waals surface area contributed by atoms with Crippen molar-refractivity contribution in [3.8, 4) is 0 Å². The van der Waals surface area contributed by atoms with Gasteiger partial charge in [0.1, 0.15) is 23.2 Å². The molecule has 2 rings (SSSR count). The molecule has 18 heavy (non-hydrogen) atoms. The third kappa shape index (κ3) is 2.43. The van der Waals surface area contributed by atoms with Gasteiger partial charge in [-0.15, -0.1) is 0 Å². The number of rotatable bonds is 4. The van der Waals surface area contributed by atoms with Gasteiger partial charge in [-0.2, -0.15) is 0 Å². The van der Waals surface area contributed by atoms with Crippen LogP contribution in [0.3, 0.4) is 0 Å². The standard InChI is InChI=1S/C14H15F2NO/c1-3-10-5-7-13(18-10)14(17-2)11-6-4-9(15)8-12(11)16/h4-8,14,17H,3H2,1-2H3. The molecule has 2 nitrogen and oxygen atoms in total. The molecule has 96 valence electrons. The Kier molecular flexibility index (Phi) is 3.77. The van der Waals surface area contributed by atoms with E-state index < -0.39 is 17.7 Å². The van der Waals surface area contributed by atoms with Crippen LogP contribution in [0.5, 0.6) is 0 Å². The molecule has 0 saturated heterocycles. The molecule has 0 saturated carbocycles. The van der Waals surface area contributed by atoms with Gasteiger partial charge in [-0.25, -0.2) is 8.78 Å². The third-order valence-corrected chi connectivity index (χ3v) is 2.88. The molecular weight excluding hydrogens is 236 g/mol. The molecule has 1 atom stereocenters. The van der Waals surface area contributed by atoms with Crippen LogP contribution < -0.4 is 5.32 Å². The average Bonchev–Trinajstić information content (AvgIpc) is 2.81. The highest BCUT2D eigenvalue weighted by atomic mass is 19.1. The fourth-order valence-electron chi connectivity index (χ4n) is 1.93. The Morgan fingerprint density at radius 3 is 2.56 bits per heavy atom. The van der Waals surface area contributed by atoms with E-state index in [-0.39, 0.29) is 0 Å². The van der Waals surface area contributed by atoms with Crippen molar-refractivity contribution in [3.05, 3.63) is 59.1 Å². The average molecular weight is 251 g/mol. The van der Waals surface area contributed by atoms with E-state index in [1.165, 1.54) is 12.1 Å². The first kappa shape index (κ1) is 12.8. The van der Waals surface area contributed by atoms with Crippen LogP contribution in [0.25, 0.3) is 0 Å². The molecule has 0 aliphatic carbocycles.